The van der Waals surface area contributed by atoms with Crippen LogP contribution in [0, 0.1) is 0 Å². The molecule has 0 aliphatic carbocycles. The van der Waals surface area contributed by atoms with Crippen molar-refractivity contribution in [2.75, 3.05) is 5.32 Å². The number of hydrogen-bond donors (Lipinski definition) is 2. The zero-order valence-corrected chi connectivity index (χ0v) is 17.3. The van der Waals surface area contributed by atoms with Crippen LogP contribution in [-0.2, 0) is 6.54 Å². The van der Waals surface area contributed by atoms with Crippen molar-refractivity contribution < 1.29 is 5.11 Å². The van der Waals surface area contributed by atoms with Gasteiger partial charge in [0, 0.05) is 10.5 Å². The van der Waals surface area contributed by atoms with E-state index >= 15 is 0 Å². The minimum Gasteiger partial charge on any atom is -0.386 e. The summed E-state index contributed by atoms with van der Waals surface area (Å²) in [6.07, 6.45) is 12.6. The molecular formula is C22H26N4OS. The summed E-state index contributed by atoms with van der Waals surface area (Å²) in [4.78, 5) is 5.73. The van der Waals surface area contributed by atoms with Crippen LogP contribution in [0.1, 0.15) is 37.8 Å². The molecule has 0 spiro atoms. The Morgan fingerprint density at radius 3 is 2.89 bits per heavy atom. The van der Waals surface area contributed by atoms with Gasteiger partial charge in [0.1, 0.15) is 5.82 Å². The molecule has 3 rings (SSSR count). The normalized spacial score (nSPS) is 13.2. The molecule has 0 atom stereocenters. The van der Waals surface area contributed by atoms with E-state index in [0.29, 0.717) is 0 Å². The molecule has 0 aliphatic heterocycles. The Hall–Kier alpha value is -2.70. The fourth-order valence-corrected chi connectivity index (χ4v) is 3.23. The molecule has 3 heterocycles. The smallest absolute Gasteiger partial charge is 0.154 e. The first-order valence-corrected chi connectivity index (χ1v) is 10.2. The lowest BCUT2D eigenvalue weighted by Crippen LogP contribution is -2.13. The fourth-order valence-electron chi connectivity index (χ4n) is 2.58. The largest absolute Gasteiger partial charge is 0.386 e. The van der Waals surface area contributed by atoms with Crippen molar-refractivity contribution in [1.82, 2.24) is 14.6 Å². The maximum Gasteiger partial charge on any atom is 0.154 e. The maximum absolute atomic E-state index is 10.1. The van der Waals surface area contributed by atoms with Crippen molar-refractivity contribution in [2.24, 2.45) is 0 Å². The SMILES string of the molecule is CC\C=C/C=C(\C=C\C(C)(C)O)c1cnc2ccc(NCc3cccs3)nn12. The molecule has 0 saturated carbocycles. The lowest BCUT2D eigenvalue weighted by atomic mass is 10.1. The first kappa shape index (κ1) is 20.0. The van der Waals surface area contributed by atoms with Gasteiger partial charge in [0.2, 0.25) is 0 Å². The number of rotatable bonds is 8. The second-order valence-electron chi connectivity index (χ2n) is 7.01. The summed E-state index contributed by atoms with van der Waals surface area (Å²) >= 11 is 1.72. The van der Waals surface area contributed by atoms with Gasteiger partial charge in [-0.2, -0.15) is 0 Å². The number of imidazole rings is 1. The number of fused-ring (bicyclic) bond motifs is 1. The van der Waals surface area contributed by atoms with Crippen LogP contribution in [0.2, 0.25) is 0 Å². The number of allylic oxidation sites excluding steroid dienone is 5. The van der Waals surface area contributed by atoms with Crippen molar-refractivity contribution in [3.63, 3.8) is 0 Å². The summed E-state index contributed by atoms with van der Waals surface area (Å²) in [6, 6.07) is 8.03. The third-order valence-electron chi connectivity index (χ3n) is 4.00. The first-order valence-electron chi connectivity index (χ1n) is 9.36. The van der Waals surface area contributed by atoms with Gasteiger partial charge in [-0.1, -0.05) is 43.4 Å². The van der Waals surface area contributed by atoms with E-state index in [0.717, 1.165) is 35.7 Å². The van der Waals surface area contributed by atoms with E-state index in [1.807, 2.05) is 47.1 Å². The Morgan fingerprint density at radius 1 is 1.32 bits per heavy atom. The molecule has 0 fully saturated rings. The Morgan fingerprint density at radius 2 is 2.18 bits per heavy atom. The van der Waals surface area contributed by atoms with E-state index in [1.165, 1.54) is 4.88 Å². The van der Waals surface area contributed by atoms with Gasteiger partial charge in [-0.05, 0) is 43.8 Å². The summed E-state index contributed by atoms with van der Waals surface area (Å²) in [7, 11) is 0. The Labute approximate surface area is 169 Å². The van der Waals surface area contributed by atoms with E-state index in [-0.39, 0.29) is 0 Å². The van der Waals surface area contributed by atoms with Gasteiger partial charge in [-0.15, -0.1) is 16.4 Å². The van der Waals surface area contributed by atoms with Gasteiger partial charge in [0.05, 0.1) is 24.0 Å². The van der Waals surface area contributed by atoms with E-state index in [4.69, 9.17) is 5.10 Å². The van der Waals surface area contributed by atoms with Crippen molar-refractivity contribution in [2.45, 2.75) is 39.3 Å². The zero-order chi connectivity index (χ0) is 20.0. The average Bonchev–Trinajstić information content (AvgIpc) is 3.31. The van der Waals surface area contributed by atoms with Crippen molar-refractivity contribution in [3.05, 3.63) is 76.8 Å². The molecule has 5 nitrogen and oxygen atoms in total. The van der Waals surface area contributed by atoms with Gasteiger partial charge in [0.15, 0.2) is 5.65 Å². The van der Waals surface area contributed by atoms with Gasteiger partial charge in [-0.25, -0.2) is 9.50 Å². The minimum atomic E-state index is -0.894. The van der Waals surface area contributed by atoms with Gasteiger partial charge < -0.3 is 10.4 Å². The number of aromatic nitrogens is 3. The third-order valence-corrected chi connectivity index (χ3v) is 4.88. The van der Waals surface area contributed by atoms with E-state index in [9.17, 15) is 5.11 Å². The molecule has 0 aliphatic rings. The molecule has 6 heteroatoms. The number of nitrogens with zero attached hydrogens (tertiary/aromatic N) is 3. The molecular weight excluding hydrogens is 368 g/mol. The first-order chi connectivity index (χ1) is 13.5. The van der Waals surface area contributed by atoms with Crippen LogP contribution < -0.4 is 5.32 Å². The number of hydrogen-bond acceptors (Lipinski definition) is 5. The van der Waals surface area contributed by atoms with Crippen LogP contribution in [0.3, 0.4) is 0 Å². The highest BCUT2D eigenvalue weighted by Crippen LogP contribution is 2.20. The predicted octanol–water partition coefficient (Wildman–Crippen LogP) is 5.08. The van der Waals surface area contributed by atoms with Crippen LogP contribution in [0.25, 0.3) is 11.2 Å². The minimum absolute atomic E-state index is 0.737. The number of nitrogens with one attached hydrogen (secondary N) is 1. The second kappa shape index (κ2) is 8.99. The fraction of sp³-hybridized carbons (Fsp3) is 0.273. The Bertz CT molecular complexity index is 991. The molecule has 0 aromatic carbocycles. The standard InChI is InChI=1S/C22H26N4OS/c1-4-5-6-8-17(12-13-22(2,3)27)19-16-24-21-11-10-20(25-26(19)21)23-15-18-9-7-14-28-18/h5-14,16,27H,4,15H2,1-3H3,(H,23,25)/b6-5-,13-12+,17-8+. The zero-order valence-electron chi connectivity index (χ0n) is 16.5. The summed E-state index contributed by atoms with van der Waals surface area (Å²) in [5.74, 6) is 0.787. The van der Waals surface area contributed by atoms with Gasteiger partial charge in [0.25, 0.3) is 0 Å². The van der Waals surface area contributed by atoms with Crippen LogP contribution in [0.15, 0.2) is 66.2 Å². The molecule has 3 aromatic heterocycles. The highest BCUT2D eigenvalue weighted by atomic mass is 32.1. The topological polar surface area (TPSA) is 62.5 Å². The quantitative estimate of drug-likeness (QED) is 0.523. The lowest BCUT2D eigenvalue weighted by molar-refractivity contribution is 0.133. The molecule has 0 bridgehead atoms. The van der Waals surface area contributed by atoms with Crippen LogP contribution >= 0.6 is 11.3 Å². The molecule has 0 unspecified atom stereocenters. The van der Waals surface area contributed by atoms with Crippen molar-refractivity contribution in [1.29, 1.82) is 0 Å². The Kier molecular flexibility index (Phi) is 6.44. The van der Waals surface area contributed by atoms with E-state index in [2.05, 4.69) is 34.7 Å². The third kappa shape index (κ3) is 5.41. The predicted molar refractivity (Wildman–Crippen MR) is 117 cm³/mol. The van der Waals surface area contributed by atoms with Gasteiger partial charge >= 0.3 is 0 Å². The summed E-state index contributed by atoms with van der Waals surface area (Å²) in [5.41, 5.74) is 1.69. The molecule has 28 heavy (non-hydrogen) atoms. The van der Waals surface area contributed by atoms with Crippen LogP contribution in [0.4, 0.5) is 5.82 Å². The second-order valence-corrected chi connectivity index (χ2v) is 8.04. The molecule has 146 valence electrons. The summed E-state index contributed by atoms with van der Waals surface area (Å²) < 4.78 is 1.83. The number of anilines is 1. The monoisotopic (exact) mass is 394 g/mol. The Balaban J connectivity index is 1.93. The molecule has 0 radical (unpaired) electrons. The van der Waals surface area contributed by atoms with Gasteiger partial charge in [-0.3, -0.25) is 0 Å². The highest BCUT2D eigenvalue weighted by Gasteiger charge is 2.11. The lowest BCUT2D eigenvalue weighted by Gasteiger charge is -2.11. The van der Waals surface area contributed by atoms with E-state index < -0.39 is 5.60 Å². The van der Waals surface area contributed by atoms with Crippen LogP contribution in [0.5, 0.6) is 0 Å². The van der Waals surface area contributed by atoms with Crippen molar-refractivity contribution >= 4 is 28.4 Å². The maximum atomic E-state index is 10.1. The molecule has 3 aromatic rings. The van der Waals surface area contributed by atoms with Crippen LogP contribution in [-0.4, -0.2) is 25.3 Å². The average molecular weight is 395 g/mol. The molecule has 0 amide bonds. The summed E-state index contributed by atoms with van der Waals surface area (Å²) in [5, 5.41) is 20.2. The highest BCUT2D eigenvalue weighted by molar-refractivity contribution is 7.09. The molecule has 0 saturated heterocycles. The number of thiophene rings is 1. The van der Waals surface area contributed by atoms with E-state index in [1.54, 1.807) is 31.3 Å². The van der Waals surface area contributed by atoms with Crippen molar-refractivity contribution in [3.8, 4) is 0 Å². The summed E-state index contributed by atoms with van der Waals surface area (Å²) in [6.45, 7) is 6.34. The number of aliphatic hydroxyl groups is 1. The molecule has 2 N–H and O–H groups in total.